The van der Waals surface area contributed by atoms with Crippen LogP contribution in [0.3, 0.4) is 0 Å². The Labute approximate surface area is 160 Å². The molecule has 0 spiro atoms. The lowest BCUT2D eigenvalue weighted by Crippen LogP contribution is -2.33. The Hall–Kier alpha value is -1.94. The van der Waals surface area contributed by atoms with E-state index in [1.165, 1.54) is 0 Å². The number of rotatable bonds is 5. The first-order valence-corrected chi connectivity index (χ1v) is 10.1. The Balaban J connectivity index is 1.69. The fraction of sp³-hybridized carbons (Fsp3) is 0.409. The molecule has 0 saturated carbocycles. The van der Waals surface area contributed by atoms with E-state index in [4.69, 9.17) is 4.74 Å². The standard InChI is InChI=1S/C22H27NO2S/c1-22(2,3)15-20(24)23-12-13-26-21(23)18-10-7-11-19(14-18)25-16-17-8-5-4-6-9-17/h4-11,14,21H,12-13,15-16H2,1-3H3/t21-/m0/s1. The number of thioether (sulfide) groups is 1. The number of benzene rings is 2. The van der Waals surface area contributed by atoms with Gasteiger partial charge in [0.05, 0.1) is 0 Å². The topological polar surface area (TPSA) is 29.5 Å². The first-order valence-electron chi connectivity index (χ1n) is 9.10. The lowest BCUT2D eigenvalue weighted by molar-refractivity contribution is -0.133. The normalized spacial score (nSPS) is 17.3. The highest BCUT2D eigenvalue weighted by molar-refractivity contribution is 7.99. The Morgan fingerprint density at radius 3 is 2.65 bits per heavy atom. The van der Waals surface area contributed by atoms with Gasteiger partial charge in [0.2, 0.25) is 5.91 Å². The first-order chi connectivity index (χ1) is 12.4. The van der Waals surface area contributed by atoms with E-state index in [1.807, 2.05) is 47.0 Å². The van der Waals surface area contributed by atoms with E-state index in [0.717, 1.165) is 29.2 Å². The molecule has 26 heavy (non-hydrogen) atoms. The zero-order valence-corrected chi connectivity index (χ0v) is 16.6. The molecule has 1 fully saturated rings. The van der Waals surface area contributed by atoms with Gasteiger partial charge in [0, 0.05) is 18.7 Å². The van der Waals surface area contributed by atoms with E-state index in [0.29, 0.717) is 13.0 Å². The highest BCUT2D eigenvalue weighted by Gasteiger charge is 2.32. The second kappa shape index (κ2) is 8.17. The molecule has 1 aliphatic heterocycles. The van der Waals surface area contributed by atoms with E-state index in [2.05, 4.69) is 45.0 Å². The third kappa shape index (κ3) is 5.04. The second-order valence-electron chi connectivity index (χ2n) is 7.89. The highest BCUT2D eigenvalue weighted by atomic mass is 32.2. The summed E-state index contributed by atoms with van der Waals surface area (Å²) in [6.45, 7) is 7.71. The maximum absolute atomic E-state index is 12.7. The van der Waals surface area contributed by atoms with Crippen LogP contribution in [0.2, 0.25) is 0 Å². The van der Waals surface area contributed by atoms with Gasteiger partial charge >= 0.3 is 0 Å². The Morgan fingerprint density at radius 1 is 1.15 bits per heavy atom. The summed E-state index contributed by atoms with van der Waals surface area (Å²) in [6.07, 6.45) is 0.578. The van der Waals surface area contributed by atoms with E-state index >= 15 is 0 Å². The van der Waals surface area contributed by atoms with Crippen LogP contribution in [0.1, 0.15) is 43.7 Å². The zero-order chi connectivity index (χ0) is 18.6. The molecule has 0 N–H and O–H groups in total. The summed E-state index contributed by atoms with van der Waals surface area (Å²) in [6, 6.07) is 18.3. The maximum Gasteiger partial charge on any atom is 0.224 e. The van der Waals surface area contributed by atoms with Crippen molar-refractivity contribution in [2.75, 3.05) is 12.3 Å². The molecule has 138 valence electrons. The number of amides is 1. The van der Waals surface area contributed by atoms with E-state index in [9.17, 15) is 4.79 Å². The Morgan fingerprint density at radius 2 is 1.92 bits per heavy atom. The van der Waals surface area contributed by atoms with E-state index < -0.39 is 0 Å². The number of hydrogen-bond donors (Lipinski definition) is 0. The van der Waals surface area contributed by atoms with Gasteiger partial charge in [-0.1, -0.05) is 63.2 Å². The van der Waals surface area contributed by atoms with Gasteiger partial charge in [0.25, 0.3) is 0 Å². The van der Waals surface area contributed by atoms with Crippen LogP contribution in [-0.4, -0.2) is 23.1 Å². The Bertz CT molecular complexity index is 739. The molecule has 1 saturated heterocycles. The van der Waals surface area contributed by atoms with Crippen LogP contribution in [0, 0.1) is 5.41 Å². The average Bonchev–Trinajstić information content (AvgIpc) is 3.10. The van der Waals surface area contributed by atoms with Gasteiger partial charge in [0.15, 0.2) is 0 Å². The van der Waals surface area contributed by atoms with Crippen molar-refractivity contribution in [1.82, 2.24) is 4.90 Å². The van der Waals surface area contributed by atoms with E-state index in [1.54, 1.807) is 0 Å². The summed E-state index contributed by atoms with van der Waals surface area (Å²) >= 11 is 1.83. The van der Waals surface area contributed by atoms with Gasteiger partial charge in [-0.05, 0) is 28.7 Å². The van der Waals surface area contributed by atoms with Crippen molar-refractivity contribution in [3.63, 3.8) is 0 Å². The van der Waals surface area contributed by atoms with Crippen LogP contribution in [0.5, 0.6) is 5.75 Å². The van der Waals surface area contributed by atoms with Crippen LogP contribution in [-0.2, 0) is 11.4 Å². The van der Waals surface area contributed by atoms with Gasteiger partial charge < -0.3 is 9.64 Å². The summed E-state index contributed by atoms with van der Waals surface area (Å²) < 4.78 is 5.96. The van der Waals surface area contributed by atoms with Gasteiger partial charge in [-0.25, -0.2) is 0 Å². The van der Waals surface area contributed by atoms with Crippen LogP contribution < -0.4 is 4.74 Å². The molecule has 3 rings (SSSR count). The molecule has 1 heterocycles. The molecular formula is C22H27NO2S. The largest absolute Gasteiger partial charge is 0.489 e. The van der Waals surface area contributed by atoms with Crippen molar-refractivity contribution in [3.8, 4) is 5.75 Å². The molecule has 1 atom stereocenters. The fourth-order valence-electron chi connectivity index (χ4n) is 3.06. The maximum atomic E-state index is 12.7. The summed E-state index contributed by atoms with van der Waals surface area (Å²) in [5.41, 5.74) is 2.30. The summed E-state index contributed by atoms with van der Waals surface area (Å²) in [5.74, 6) is 2.07. The summed E-state index contributed by atoms with van der Waals surface area (Å²) in [5, 5.41) is 0.0881. The molecule has 3 nitrogen and oxygen atoms in total. The van der Waals surface area contributed by atoms with E-state index in [-0.39, 0.29) is 16.7 Å². The third-order valence-electron chi connectivity index (χ3n) is 4.28. The van der Waals surface area contributed by atoms with Gasteiger partial charge in [0.1, 0.15) is 17.7 Å². The minimum absolute atomic E-state index is 0.00946. The average molecular weight is 370 g/mol. The van der Waals surface area contributed by atoms with Crippen molar-refractivity contribution in [2.24, 2.45) is 5.41 Å². The van der Waals surface area contributed by atoms with Crippen molar-refractivity contribution in [2.45, 2.75) is 39.2 Å². The minimum Gasteiger partial charge on any atom is -0.489 e. The SMILES string of the molecule is CC(C)(C)CC(=O)N1CCS[C@H]1c1cccc(OCc2ccccc2)c1. The molecule has 2 aromatic carbocycles. The van der Waals surface area contributed by atoms with Crippen molar-refractivity contribution < 1.29 is 9.53 Å². The molecule has 0 unspecified atom stereocenters. The van der Waals surface area contributed by atoms with Gasteiger partial charge in [-0.15, -0.1) is 11.8 Å². The minimum atomic E-state index is 0.00946. The molecule has 1 aliphatic rings. The predicted molar refractivity (Wildman–Crippen MR) is 108 cm³/mol. The van der Waals surface area contributed by atoms with Crippen LogP contribution in [0.15, 0.2) is 54.6 Å². The molecule has 0 aliphatic carbocycles. The summed E-state index contributed by atoms with van der Waals surface area (Å²) in [4.78, 5) is 14.7. The number of hydrogen-bond acceptors (Lipinski definition) is 3. The van der Waals surface area contributed by atoms with Gasteiger partial charge in [-0.3, -0.25) is 4.79 Å². The number of ether oxygens (including phenoxy) is 1. The molecule has 0 bridgehead atoms. The number of carbonyl (C=O) groups excluding carboxylic acids is 1. The molecule has 4 heteroatoms. The van der Waals surface area contributed by atoms with Crippen molar-refractivity contribution in [1.29, 1.82) is 0 Å². The van der Waals surface area contributed by atoms with Crippen molar-refractivity contribution in [3.05, 3.63) is 65.7 Å². The summed E-state index contributed by atoms with van der Waals surface area (Å²) in [7, 11) is 0. The highest BCUT2D eigenvalue weighted by Crippen LogP contribution is 2.40. The third-order valence-corrected chi connectivity index (χ3v) is 5.55. The van der Waals surface area contributed by atoms with Crippen LogP contribution >= 0.6 is 11.8 Å². The molecule has 1 amide bonds. The molecule has 0 aromatic heterocycles. The van der Waals surface area contributed by atoms with Crippen LogP contribution in [0.4, 0.5) is 0 Å². The zero-order valence-electron chi connectivity index (χ0n) is 15.8. The fourth-order valence-corrected chi connectivity index (χ4v) is 4.32. The predicted octanol–water partition coefficient (Wildman–Crippen LogP) is 5.28. The first kappa shape index (κ1) is 18.8. The molecule has 0 radical (unpaired) electrons. The monoisotopic (exact) mass is 369 g/mol. The quantitative estimate of drug-likeness (QED) is 0.718. The van der Waals surface area contributed by atoms with Gasteiger partial charge in [-0.2, -0.15) is 0 Å². The Kier molecular flexibility index (Phi) is 5.92. The smallest absolute Gasteiger partial charge is 0.224 e. The lowest BCUT2D eigenvalue weighted by atomic mass is 9.91. The van der Waals surface area contributed by atoms with Crippen molar-refractivity contribution >= 4 is 17.7 Å². The molecule has 2 aromatic rings. The lowest BCUT2D eigenvalue weighted by Gasteiger charge is -2.28. The number of carbonyl (C=O) groups is 1. The molecular weight excluding hydrogens is 342 g/mol. The number of nitrogens with zero attached hydrogens (tertiary/aromatic N) is 1. The van der Waals surface area contributed by atoms with Crippen LogP contribution in [0.25, 0.3) is 0 Å². The second-order valence-corrected chi connectivity index (χ2v) is 9.08.